The summed E-state index contributed by atoms with van der Waals surface area (Å²) in [6, 6.07) is 16.0. The van der Waals surface area contributed by atoms with Crippen molar-refractivity contribution in [2.75, 3.05) is 0 Å². The van der Waals surface area contributed by atoms with Gasteiger partial charge in [-0.3, -0.25) is 20.2 Å². The van der Waals surface area contributed by atoms with Gasteiger partial charge in [-0.2, -0.15) is 0 Å². The second-order valence-corrected chi connectivity index (χ2v) is 9.29. The van der Waals surface area contributed by atoms with Crippen LogP contribution in [0.1, 0.15) is 0 Å². The quantitative estimate of drug-likeness (QED) is 0.0979. The van der Waals surface area contributed by atoms with Gasteiger partial charge in [0.05, 0.1) is 9.85 Å². The minimum absolute atomic E-state index is 0.0930. The average Bonchev–Trinajstić information content (AvgIpc) is 2.85. The highest BCUT2D eigenvalue weighted by Gasteiger charge is 2.27. The molecule has 0 saturated carbocycles. The highest BCUT2D eigenvalue weighted by molar-refractivity contribution is 6.41. The van der Waals surface area contributed by atoms with E-state index in [-0.39, 0.29) is 22.5 Å². The predicted octanol–water partition coefficient (Wildman–Crippen LogP) is 8.91. The molecule has 0 aliphatic rings. The van der Waals surface area contributed by atoms with Crippen molar-refractivity contribution in [2.24, 2.45) is 0 Å². The number of hydrogen-bond acceptors (Lipinski definition) is 6. The van der Waals surface area contributed by atoms with Crippen molar-refractivity contribution in [1.29, 1.82) is 0 Å². The first kappa shape index (κ1) is 20.9. The zero-order valence-corrected chi connectivity index (χ0v) is 19.4. The van der Waals surface area contributed by atoms with Crippen molar-refractivity contribution in [3.05, 3.63) is 90.9 Å². The molecule has 5 aromatic carbocycles. The maximum absolute atomic E-state index is 12.0. The summed E-state index contributed by atoms with van der Waals surface area (Å²) < 4.78 is 12.2. The normalized spacial score (nSPS) is 12.1. The van der Waals surface area contributed by atoms with Crippen molar-refractivity contribution < 1.29 is 18.7 Å². The van der Waals surface area contributed by atoms with E-state index < -0.39 is 9.85 Å². The molecule has 0 atom stereocenters. The van der Waals surface area contributed by atoms with Gasteiger partial charge in [-0.15, -0.1) is 0 Å². The molecule has 0 N–H and O–H groups in total. The number of nitro benzene ring substituents is 2. The van der Waals surface area contributed by atoms with Crippen molar-refractivity contribution in [3.8, 4) is 0 Å². The topological polar surface area (TPSA) is 113 Å². The van der Waals surface area contributed by atoms with Gasteiger partial charge in [-0.25, -0.2) is 0 Å². The van der Waals surface area contributed by atoms with Crippen LogP contribution in [0.25, 0.3) is 65.4 Å². The Labute approximate surface area is 209 Å². The zero-order valence-electron chi connectivity index (χ0n) is 17.9. The molecule has 0 spiro atoms. The van der Waals surface area contributed by atoms with E-state index in [1.807, 2.05) is 0 Å². The number of hydrogen-bond donors (Lipinski definition) is 0. The van der Waals surface area contributed by atoms with Gasteiger partial charge in [0.15, 0.2) is 0 Å². The molecule has 10 heteroatoms. The van der Waals surface area contributed by atoms with Crippen LogP contribution >= 0.6 is 23.2 Å². The average molecular weight is 517 g/mol. The van der Waals surface area contributed by atoms with E-state index in [0.29, 0.717) is 64.3 Å². The molecule has 36 heavy (non-hydrogen) atoms. The second-order valence-electron chi connectivity index (χ2n) is 8.42. The Morgan fingerprint density at radius 1 is 0.556 bits per heavy atom. The van der Waals surface area contributed by atoms with Gasteiger partial charge >= 0.3 is 11.4 Å². The molecule has 174 valence electrons. The van der Waals surface area contributed by atoms with E-state index in [2.05, 4.69) is 0 Å². The number of halogens is 2. The van der Waals surface area contributed by atoms with Gasteiger partial charge in [0.1, 0.15) is 11.2 Å². The third-order valence-electron chi connectivity index (χ3n) is 6.55. The maximum Gasteiger partial charge on any atom is 0.312 e. The summed E-state index contributed by atoms with van der Waals surface area (Å²) in [6.45, 7) is 0. The van der Waals surface area contributed by atoms with Crippen LogP contribution in [0.15, 0.2) is 69.5 Å². The minimum atomic E-state index is -0.496. The summed E-state index contributed by atoms with van der Waals surface area (Å²) in [5.41, 5.74) is 0.564. The lowest BCUT2D eigenvalue weighted by Crippen LogP contribution is -1.96. The molecule has 2 aromatic heterocycles. The van der Waals surface area contributed by atoms with Crippen LogP contribution < -0.4 is 0 Å². The number of rotatable bonds is 2. The van der Waals surface area contributed by atoms with Gasteiger partial charge in [-0.1, -0.05) is 23.2 Å². The molecule has 7 aromatic rings. The maximum atomic E-state index is 12.0. The van der Waals surface area contributed by atoms with Gasteiger partial charge in [-0.05, 0) is 59.3 Å². The molecule has 0 saturated heterocycles. The van der Waals surface area contributed by atoms with Crippen LogP contribution in [0.2, 0.25) is 10.0 Å². The van der Waals surface area contributed by atoms with Gasteiger partial charge in [0, 0.05) is 54.5 Å². The van der Waals surface area contributed by atoms with Crippen LogP contribution in [-0.4, -0.2) is 9.85 Å². The van der Waals surface area contributed by atoms with E-state index in [1.54, 1.807) is 48.5 Å². The molecule has 0 bridgehead atoms. The Balaban J connectivity index is 1.94. The first-order chi connectivity index (χ1) is 17.3. The largest absolute Gasteiger partial charge is 0.449 e. The molecule has 0 radical (unpaired) electrons. The van der Waals surface area contributed by atoms with Crippen molar-refractivity contribution in [3.63, 3.8) is 0 Å². The third kappa shape index (κ3) is 2.65. The fraction of sp³-hybridized carbons (Fsp3) is 0. The first-order valence-electron chi connectivity index (χ1n) is 10.7. The number of nitrogens with zero attached hydrogens (tertiary/aromatic N) is 2. The molecule has 2 heterocycles. The van der Waals surface area contributed by atoms with Crippen LogP contribution in [0.3, 0.4) is 0 Å². The van der Waals surface area contributed by atoms with E-state index in [9.17, 15) is 20.2 Å². The zero-order chi connectivity index (χ0) is 24.9. The Hall–Kier alpha value is -4.40. The van der Waals surface area contributed by atoms with Gasteiger partial charge in [0.2, 0.25) is 11.2 Å². The Kier molecular flexibility index (Phi) is 4.11. The minimum Gasteiger partial charge on any atom is -0.449 e. The molecule has 0 amide bonds. The molecule has 0 fully saturated rings. The van der Waals surface area contributed by atoms with E-state index >= 15 is 0 Å². The number of nitro groups is 2. The fourth-order valence-corrected chi connectivity index (χ4v) is 5.52. The summed E-state index contributed by atoms with van der Waals surface area (Å²) in [4.78, 5) is 22.9. The fourth-order valence-electron chi connectivity index (χ4n) is 5.17. The highest BCUT2D eigenvalue weighted by Crippen LogP contribution is 2.49. The first-order valence-corrected chi connectivity index (χ1v) is 11.4. The molecule has 0 unspecified atom stereocenters. The molecule has 8 nitrogen and oxygen atoms in total. The van der Waals surface area contributed by atoms with E-state index in [0.717, 1.165) is 0 Å². The van der Waals surface area contributed by atoms with E-state index in [4.69, 9.17) is 32.0 Å². The lowest BCUT2D eigenvalue weighted by molar-refractivity contribution is -0.383. The Morgan fingerprint density at radius 3 is 1.36 bits per heavy atom. The third-order valence-corrected chi connectivity index (χ3v) is 7.02. The van der Waals surface area contributed by atoms with Crippen LogP contribution in [-0.2, 0) is 0 Å². The standard InChI is InChI=1S/C26H10Cl2N2O6/c27-11-1-7-19-15(9-11)21-13-3-6-18(30(33)34)26-24(13)22(16-10-12(28)2-8-20(16)36-26)14-4-5-17(29(31)32)25(35-19)23(14)21/h1-10H. The van der Waals surface area contributed by atoms with Crippen molar-refractivity contribution in [2.45, 2.75) is 0 Å². The molecule has 0 aliphatic carbocycles. The molecule has 7 rings (SSSR count). The van der Waals surface area contributed by atoms with Crippen LogP contribution in [0.5, 0.6) is 0 Å². The number of fused-ring (bicyclic) bond motifs is 6. The molecule has 0 aliphatic heterocycles. The molecular weight excluding hydrogens is 507 g/mol. The van der Waals surface area contributed by atoms with Gasteiger partial charge in [0.25, 0.3) is 0 Å². The summed E-state index contributed by atoms with van der Waals surface area (Å²) in [7, 11) is 0. The Bertz CT molecular complexity index is 1990. The van der Waals surface area contributed by atoms with Crippen LogP contribution in [0.4, 0.5) is 11.4 Å². The SMILES string of the molecule is O=[N+]([O-])c1ccc2c3c1oc1ccc(Cl)cc1c3c1ccc([N+](=O)[O-])c3oc4ccc(Cl)cc4c2c31. The smallest absolute Gasteiger partial charge is 0.312 e. The monoisotopic (exact) mass is 516 g/mol. The predicted molar refractivity (Wildman–Crippen MR) is 139 cm³/mol. The van der Waals surface area contributed by atoms with Crippen molar-refractivity contribution >= 4 is 100.0 Å². The second kappa shape index (κ2) is 7.07. The Morgan fingerprint density at radius 2 is 0.972 bits per heavy atom. The highest BCUT2D eigenvalue weighted by atomic mass is 35.5. The summed E-state index contributed by atoms with van der Waals surface area (Å²) in [6.07, 6.45) is 0. The molecular formula is C26H10Cl2N2O6. The lowest BCUT2D eigenvalue weighted by Gasteiger charge is -2.17. The summed E-state index contributed by atoms with van der Waals surface area (Å²) in [5, 5.41) is 29.5. The van der Waals surface area contributed by atoms with E-state index in [1.165, 1.54) is 12.1 Å². The summed E-state index contributed by atoms with van der Waals surface area (Å²) in [5.74, 6) is 0. The number of non-ortho nitro benzene ring substituents is 2. The van der Waals surface area contributed by atoms with Crippen LogP contribution in [0, 0.1) is 20.2 Å². The summed E-state index contributed by atoms with van der Waals surface area (Å²) >= 11 is 12.7. The van der Waals surface area contributed by atoms with Crippen molar-refractivity contribution in [1.82, 2.24) is 0 Å². The van der Waals surface area contributed by atoms with Gasteiger partial charge < -0.3 is 8.83 Å². The number of benzene rings is 5. The lowest BCUT2D eigenvalue weighted by atomic mass is 9.89.